The third kappa shape index (κ3) is 5.40. The van der Waals surface area contributed by atoms with Gasteiger partial charge in [-0.25, -0.2) is 0 Å². The average molecular weight is 299 g/mol. The summed E-state index contributed by atoms with van der Waals surface area (Å²) in [6.07, 6.45) is 0. The van der Waals surface area contributed by atoms with Crippen LogP contribution in [0.2, 0.25) is 0 Å². The van der Waals surface area contributed by atoms with Crippen LogP contribution in [0.25, 0.3) is 0 Å². The summed E-state index contributed by atoms with van der Waals surface area (Å²) in [5, 5.41) is 8.64. The number of amides is 1. The molecule has 2 aromatic rings. The van der Waals surface area contributed by atoms with E-state index in [2.05, 4.69) is 0 Å². The van der Waals surface area contributed by atoms with E-state index < -0.39 is 11.9 Å². The van der Waals surface area contributed by atoms with Crippen LogP contribution >= 0.6 is 0 Å². The third-order valence-electron chi connectivity index (χ3n) is 3.40. The highest BCUT2D eigenvalue weighted by Gasteiger charge is 2.11. The molecule has 2 rings (SSSR count). The van der Waals surface area contributed by atoms with Crippen LogP contribution in [-0.4, -0.2) is 17.0 Å². The van der Waals surface area contributed by atoms with Gasteiger partial charge in [-0.3, -0.25) is 9.59 Å². The van der Waals surface area contributed by atoms with Crippen molar-refractivity contribution >= 4 is 11.9 Å². The van der Waals surface area contributed by atoms with Crippen LogP contribution in [0.5, 0.6) is 0 Å². The third-order valence-corrected chi connectivity index (χ3v) is 3.40. The number of carbonyl (C=O) groups is 2. The van der Waals surface area contributed by atoms with Gasteiger partial charge in [-0.2, -0.15) is 0 Å². The number of primary amides is 1. The van der Waals surface area contributed by atoms with Crippen LogP contribution in [0, 0.1) is 0 Å². The highest BCUT2D eigenvalue weighted by Crippen LogP contribution is 2.14. The van der Waals surface area contributed by atoms with Gasteiger partial charge in [0.05, 0.1) is 11.8 Å². The second-order valence-electron chi connectivity index (χ2n) is 5.01. The maximum Gasteiger partial charge on any atom is 0.310 e. The van der Waals surface area contributed by atoms with Crippen molar-refractivity contribution in [3.8, 4) is 0 Å². The molecule has 2 atom stereocenters. The highest BCUT2D eigenvalue weighted by atomic mass is 16.4. The van der Waals surface area contributed by atoms with E-state index in [4.69, 9.17) is 10.8 Å². The van der Waals surface area contributed by atoms with Crippen molar-refractivity contribution in [1.82, 2.24) is 0 Å². The Balaban J connectivity index is 0.000000220. The van der Waals surface area contributed by atoms with Crippen LogP contribution in [-0.2, 0) is 9.59 Å². The number of hydrogen-bond acceptors (Lipinski definition) is 2. The van der Waals surface area contributed by atoms with E-state index in [1.165, 1.54) is 0 Å². The standard InChI is InChI=1S/C9H11NO.C9H10O2/c2*1-7(9(10)11)8-5-3-2-4-6-8/h2-7H,1H3,(H2,10,11);2-7H,1H3,(H,10,11). The van der Waals surface area contributed by atoms with Crippen LogP contribution < -0.4 is 5.73 Å². The summed E-state index contributed by atoms with van der Waals surface area (Å²) < 4.78 is 0. The molecule has 0 aliphatic carbocycles. The summed E-state index contributed by atoms with van der Waals surface area (Å²) in [7, 11) is 0. The second kappa shape index (κ2) is 8.62. The predicted octanol–water partition coefficient (Wildman–Crippen LogP) is 3.15. The summed E-state index contributed by atoms with van der Waals surface area (Å²) in [5.74, 6) is -1.65. The fraction of sp³-hybridized carbons (Fsp3) is 0.222. The molecule has 0 aromatic heterocycles. The molecule has 0 bridgehead atoms. The van der Waals surface area contributed by atoms with Gasteiger partial charge in [-0.1, -0.05) is 60.7 Å². The Morgan fingerprint density at radius 3 is 1.50 bits per heavy atom. The highest BCUT2D eigenvalue weighted by molar-refractivity contribution is 5.81. The lowest BCUT2D eigenvalue weighted by Crippen LogP contribution is -2.18. The molecule has 22 heavy (non-hydrogen) atoms. The van der Waals surface area contributed by atoms with Crippen molar-refractivity contribution in [2.45, 2.75) is 25.7 Å². The Morgan fingerprint density at radius 2 is 1.18 bits per heavy atom. The molecular weight excluding hydrogens is 278 g/mol. The normalized spacial score (nSPS) is 12.5. The Bertz CT molecular complexity index is 541. The van der Waals surface area contributed by atoms with Crippen molar-refractivity contribution in [1.29, 1.82) is 0 Å². The van der Waals surface area contributed by atoms with Gasteiger partial charge in [-0.15, -0.1) is 0 Å². The van der Waals surface area contributed by atoms with Crippen LogP contribution in [0.4, 0.5) is 0 Å². The van der Waals surface area contributed by atoms with Gasteiger partial charge in [0.1, 0.15) is 0 Å². The van der Waals surface area contributed by atoms with Gasteiger partial charge in [-0.05, 0) is 25.0 Å². The predicted molar refractivity (Wildman–Crippen MR) is 86.5 cm³/mol. The number of carboxylic acid groups (broad SMARTS) is 1. The van der Waals surface area contributed by atoms with Gasteiger partial charge in [0, 0.05) is 0 Å². The first-order valence-electron chi connectivity index (χ1n) is 7.05. The zero-order chi connectivity index (χ0) is 16.5. The minimum Gasteiger partial charge on any atom is -0.481 e. The summed E-state index contributed by atoms with van der Waals surface area (Å²) >= 11 is 0. The Hall–Kier alpha value is -2.62. The van der Waals surface area contributed by atoms with Gasteiger partial charge >= 0.3 is 5.97 Å². The van der Waals surface area contributed by atoms with Gasteiger partial charge in [0.25, 0.3) is 0 Å². The molecule has 0 fully saturated rings. The molecule has 116 valence electrons. The molecule has 0 aliphatic heterocycles. The average Bonchev–Trinajstić information content (AvgIpc) is 2.55. The Kier molecular flexibility index (Phi) is 6.83. The van der Waals surface area contributed by atoms with Crippen LogP contribution in [0.15, 0.2) is 60.7 Å². The summed E-state index contributed by atoms with van der Waals surface area (Å²) in [6.45, 7) is 3.48. The van der Waals surface area contributed by atoms with E-state index in [9.17, 15) is 9.59 Å². The first-order chi connectivity index (χ1) is 10.4. The Morgan fingerprint density at radius 1 is 0.818 bits per heavy atom. The molecule has 0 aliphatic rings. The van der Waals surface area contributed by atoms with E-state index >= 15 is 0 Å². The lowest BCUT2D eigenvalue weighted by Gasteiger charge is -2.05. The van der Waals surface area contributed by atoms with Crippen LogP contribution in [0.1, 0.15) is 36.8 Å². The van der Waals surface area contributed by atoms with E-state index in [1.807, 2.05) is 60.7 Å². The molecule has 0 saturated carbocycles. The number of benzene rings is 2. The molecule has 2 aromatic carbocycles. The van der Waals surface area contributed by atoms with E-state index in [1.54, 1.807) is 13.8 Å². The topological polar surface area (TPSA) is 80.4 Å². The first kappa shape index (κ1) is 17.4. The second-order valence-corrected chi connectivity index (χ2v) is 5.01. The molecule has 1 amide bonds. The minimum atomic E-state index is -0.781. The number of aliphatic carboxylic acids is 1. The fourth-order valence-electron chi connectivity index (χ4n) is 1.79. The van der Waals surface area contributed by atoms with Gasteiger partial charge in [0.2, 0.25) is 5.91 Å². The largest absolute Gasteiger partial charge is 0.481 e. The molecule has 4 nitrogen and oxygen atoms in total. The molecule has 3 N–H and O–H groups in total. The monoisotopic (exact) mass is 299 g/mol. The van der Waals surface area contributed by atoms with E-state index in [0.717, 1.165) is 11.1 Å². The van der Waals surface area contributed by atoms with E-state index in [-0.39, 0.29) is 11.8 Å². The molecule has 0 heterocycles. The summed E-state index contributed by atoms with van der Waals surface area (Å²) in [4.78, 5) is 21.2. The van der Waals surface area contributed by atoms with Gasteiger partial charge < -0.3 is 10.8 Å². The van der Waals surface area contributed by atoms with Crippen molar-refractivity contribution in [3.63, 3.8) is 0 Å². The van der Waals surface area contributed by atoms with Crippen molar-refractivity contribution < 1.29 is 14.7 Å². The molecule has 4 heteroatoms. The van der Waals surface area contributed by atoms with Crippen molar-refractivity contribution in [2.24, 2.45) is 5.73 Å². The number of carboxylic acids is 1. The molecule has 0 spiro atoms. The molecule has 2 unspecified atom stereocenters. The maximum absolute atomic E-state index is 10.7. The molecule has 0 radical (unpaired) electrons. The van der Waals surface area contributed by atoms with Crippen molar-refractivity contribution in [2.75, 3.05) is 0 Å². The SMILES string of the molecule is CC(C(=O)O)c1ccccc1.CC(C(N)=O)c1ccccc1. The number of nitrogens with two attached hydrogens (primary N) is 1. The molecular formula is C18H21NO3. The smallest absolute Gasteiger partial charge is 0.310 e. The van der Waals surface area contributed by atoms with E-state index in [0.29, 0.717) is 0 Å². The lowest BCUT2D eigenvalue weighted by molar-refractivity contribution is -0.138. The summed E-state index contributed by atoms with van der Waals surface area (Å²) in [6, 6.07) is 18.7. The Labute approximate surface area is 130 Å². The van der Waals surface area contributed by atoms with Crippen molar-refractivity contribution in [3.05, 3.63) is 71.8 Å². The lowest BCUT2D eigenvalue weighted by atomic mass is 10.0. The quantitative estimate of drug-likeness (QED) is 0.910. The summed E-state index contributed by atoms with van der Waals surface area (Å²) in [5.41, 5.74) is 6.95. The number of rotatable bonds is 4. The minimum absolute atomic E-state index is 0.184. The molecule has 0 saturated heterocycles. The maximum atomic E-state index is 10.7. The fourth-order valence-corrected chi connectivity index (χ4v) is 1.79. The van der Waals surface area contributed by atoms with Gasteiger partial charge in [0.15, 0.2) is 0 Å². The zero-order valence-corrected chi connectivity index (χ0v) is 12.8. The number of carbonyl (C=O) groups excluding carboxylic acids is 1. The number of hydrogen-bond donors (Lipinski definition) is 2. The van der Waals surface area contributed by atoms with Crippen LogP contribution in [0.3, 0.4) is 0 Å². The first-order valence-corrected chi connectivity index (χ1v) is 7.05. The zero-order valence-electron chi connectivity index (χ0n) is 12.8.